The summed E-state index contributed by atoms with van der Waals surface area (Å²) in [7, 11) is -3.73. The number of sulfonamides is 1. The Morgan fingerprint density at radius 3 is 2.40 bits per heavy atom. The van der Waals surface area contributed by atoms with Crippen molar-refractivity contribution in [2.24, 2.45) is 4.99 Å². The van der Waals surface area contributed by atoms with Gasteiger partial charge in [0.1, 0.15) is 4.90 Å². The SMILES string of the molecule is O=S1(=O)Nc2ccc(Cl)cc2C(c2ccccc2)=Nc2ccccc21. The third kappa shape index (κ3) is 2.92. The molecule has 1 N–H and O–H groups in total. The number of fused-ring (bicyclic) bond motifs is 2. The second-order valence-corrected chi connectivity index (χ2v) is 7.68. The minimum Gasteiger partial charge on any atom is -0.279 e. The molecule has 124 valence electrons. The van der Waals surface area contributed by atoms with Crippen LogP contribution in [0.3, 0.4) is 0 Å². The maximum Gasteiger partial charge on any atom is 0.264 e. The van der Waals surface area contributed by atoms with E-state index >= 15 is 0 Å². The molecule has 25 heavy (non-hydrogen) atoms. The topological polar surface area (TPSA) is 58.5 Å². The first-order valence-corrected chi connectivity index (χ1v) is 9.46. The van der Waals surface area contributed by atoms with Crippen molar-refractivity contribution >= 4 is 38.7 Å². The van der Waals surface area contributed by atoms with Gasteiger partial charge in [0.2, 0.25) is 0 Å². The van der Waals surface area contributed by atoms with Gasteiger partial charge in [-0.1, -0.05) is 54.1 Å². The van der Waals surface area contributed by atoms with E-state index in [1.165, 1.54) is 0 Å². The first kappa shape index (κ1) is 15.9. The monoisotopic (exact) mass is 368 g/mol. The average Bonchev–Trinajstić information content (AvgIpc) is 2.61. The molecule has 4 rings (SSSR count). The van der Waals surface area contributed by atoms with Gasteiger partial charge < -0.3 is 0 Å². The Morgan fingerprint density at radius 1 is 0.880 bits per heavy atom. The molecule has 0 unspecified atom stereocenters. The Bertz CT molecular complexity index is 1090. The quantitative estimate of drug-likeness (QED) is 0.681. The largest absolute Gasteiger partial charge is 0.279 e. The van der Waals surface area contributed by atoms with E-state index < -0.39 is 10.0 Å². The predicted molar refractivity (Wildman–Crippen MR) is 100 cm³/mol. The van der Waals surface area contributed by atoms with Crippen LogP contribution in [0.1, 0.15) is 11.1 Å². The number of anilines is 1. The van der Waals surface area contributed by atoms with Crippen molar-refractivity contribution in [3.8, 4) is 0 Å². The van der Waals surface area contributed by atoms with E-state index in [0.29, 0.717) is 27.7 Å². The lowest BCUT2D eigenvalue weighted by Gasteiger charge is -2.19. The lowest BCUT2D eigenvalue weighted by atomic mass is 10.0. The number of nitrogens with one attached hydrogen (secondary N) is 1. The second-order valence-electron chi connectivity index (χ2n) is 5.59. The number of nitrogens with zero attached hydrogens (tertiary/aromatic N) is 1. The molecule has 0 aromatic heterocycles. The van der Waals surface area contributed by atoms with Crippen molar-refractivity contribution in [1.29, 1.82) is 0 Å². The van der Waals surface area contributed by atoms with Crippen molar-refractivity contribution in [3.05, 3.63) is 88.9 Å². The molecule has 4 nitrogen and oxygen atoms in total. The summed E-state index contributed by atoms with van der Waals surface area (Å²) in [5.41, 5.74) is 3.01. The minimum atomic E-state index is -3.73. The highest BCUT2D eigenvalue weighted by Crippen LogP contribution is 2.34. The number of hydrogen-bond acceptors (Lipinski definition) is 3. The lowest BCUT2D eigenvalue weighted by Crippen LogP contribution is -2.18. The molecule has 0 atom stereocenters. The maximum absolute atomic E-state index is 12.7. The van der Waals surface area contributed by atoms with Crippen LogP contribution in [-0.4, -0.2) is 14.1 Å². The maximum atomic E-state index is 12.7. The lowest BCUT2D eigenvalue weighted by molar-refractivity contribution is 0.601. The number of para-hydroxylation sites is 1. The molecular formula is C19H13ClN2O2S. The van der Waals surface area contributed by atoms with Gasteiger partial charge in [0.05, 0.1) is 17.1 Å². The molecule has 0 saturated heterocycles. The van der Waals surface area contributed by atoms with Crippen LogP contribution in [0.4, 0.5) is 11.4 Å². The normalized spacial score (nSPS) is 15.0. The van der Waals surface area contributed by atoms with Gasteiger partial charge in [-0.05, 0) is 30.3 Å². The number of benzene rings is 3. The standard InChI is InChI=1S/C19H13ClN2O2S/c20-14-10-11-16-15(12-14)19(13-6-2-1-3-7-13)21-17-8-4-5-9-18(17)25(23,24)22-16/h1-12,22H. The zero-order chi connectivity index (χ0) is 17.4. The molecule has 6 heteroatoms. The van der Waals surface area contributed by atoms with Crippen molar-refractivity contribution in [1.82, 2.24) is 0 Å². The van der Waals surface area contributed by atoms with Gasteiger partial charge in [-0.15, -0.1) is 0 Å². The fourth-order valence-electron chi connectivity index (χ4n) is 2.77. The van der Waals surface area contributed by atoms with Crippen LogP contribution >= 0.6 is 11.6 Å². The zero-order valence-electron chi connectivity index (χ0n) is 13.0. The van der Waals surface area contributed by atoms with Crippen molar-refractivity contribution in [2.75, 3.05) is 4.72 Å². The number of rotatable bonds is 1. The van der Waals surface area contributed by atoms with Crippen LogP contribution in [-0.2, 0) is 10.0 Å². The van der Waals surface area contributed by atoms with E-state index in [2.05, 4.69) is 9.71 Å². The highest BCUT2D eigenvalue weighted by atomic mass is 35.5. The highest BCUT2D eigenvalue weighted by molar-refractivity contribution is 7.92. The summed E-state index contributed by atoms with van der Waals surface area (Å²) in [6.45, 7) is 0. The van der Waals surface area contributed by atoms with Crippen LogP contribution in [0.15, 0.2) is 82.7 Å². The fourth-order valence-corrected chi connectivity index (χ4v) is 4.17. The summed E-state index contributed by atoms with van der Waals surface area (Å²) in [5.74, 6) is 0. The average molecular weight is 369 g/mol. The summed E-state index contributed by atoms with van der Waals surface area (Å²) in [4.78, 5) is 4.83. The van der Waals surface area contributed by atoms with E-state index in [4.69, 9.17) is 11.6 Å². The van der Waals surface area contributed by atoms with Crippen molar-refractivity contribution in [2.45, 2.75) is 4.90 Å². The molecule has 0 radical (unpaired) electrons. The zero-order valence-corrected chi connectivity index (χ0v) is 14.6. The van der Waals surface area contributed by atoms with E-state index in [1.54, 1.807) is 42.5 Å². The van der Waals surface area contributed by atoms with Crippen LogP contribution in [0, 0.1) is 0 Å². The van der Waals surface area contributed by atoms with E-state index in [-0.39, 0.29) is 4.90 Å². The molecular weight excluding hydrogens is 356 g/mol. The molecule has 1 aliphatic heterocycles. The molecule has 0 saturated carbocycles. The van der Waals surface area contributed by atoms with E-state index in [1.807, 2.05) is 30.3 Å². The smallest absolute Gasteiger partial charge is 0.264 e. The second kappa shape index (κ2) is 6.02. The minimum absolute atomic E-state index is 0.143. The number of halogens is 1. The van der Waals surface area contributed by atoms with Crippen molar-refractivity contribution in [3.63, 3.8) is 0 Å². The third-order valence-electron chi connectivity index (χ3n) is 3.92. The van der Waals surface area contributed by atoms with Gasteiger partial charge in [-0.2, -0.15) is 0 Å². The molecule has 0 bridgehead atoms. The van der Waals surface area contributed by atoms with E-state index in [0.717, 1.165) is 5.56 Å². The Labute approximate surface area is 150 Å². The molecule has 0 aliphatic carbocycles. The Balaban J connectivity index is 2.09. The fraction of sp³-hybridized carbons (Fsp3) is 0. The van der Waals surface area contributed by atoms with Gasteiger partial charge in [-0.3, -0.25) is 4.72 Å². The molecule has 1 heterocycles. The Hall–Kier alpha value is -2.63. The summed E-state index contributed by atoms with van der Waals surface area (Å²) in [5, 5.41) is 0.510. The molecule has 0 spiro atoms. The first-order chi connectivity index (χ1) is 12.0. The van der Waals surface area contributed by atoms with E-state index in [9.17, 15) is 8.42 Å². The van der Waals surface area contributed by atoms with Gasteiger partial charge in [0.25, 0.3) is 10.0 Å². The van der Waals surface area contributed by atoms with Gasteiger partial charge in [-0.25, -0.2) is 13.4 Å². The van der Waals surface area contributed by atoms with Gasteiger partial charge in [0.15, 0.2) is 0 Å². The van der Waals surface area contributed by atoms with Crippen LogP contribution in [0.5, 0.6) is 0 Å². The van der Waals surface area contributed by atoms with Crippen molar-refractivity contribution < 1.29 is 8.42 Å². The van der Waals surface area contributed by atoms with Crippen LogP contribution in [0.25, 0.3) is 0 Å². The number of hydrogen-bond donors (Lipinski definition) is 1. The summed E-state index contributed by atoms with van der Waals surface area (Å²) in [6, 6.07) is 21.3. The first-order valence-electron chi connectivity index (χ1n) is 7.60. The Morgan fingerprint density at radius 2 is 1.60 bits per heavy atom. The molecule has 0 amide bonds. The molecule has 1 aliphatic rings. The summed E-state index contributed by atoms with van der Waals surface area (Å²) < 4.78 is 28.1. The van der Waals surface area contributed by atoms with Crippen LogP contribution < -0.4 is 4.72 Å². The van der Waals surface area contributed by atoms with Crippen LogP contribution in [0.2, 0.25) is 5.02 Å². The Kier molecular flexibility index (Phi) is 3.82. The van der Waals surface area contributed by atoms with Gasteiger partial charge in [0, 0.05) is 16.1 Å². The molecule has 3 aromatic carbocycles. The number of aliphatic imine (C=N–C) groups is 1. The highest BCUT2D eigenvalue weighted by Gasteiger charge is 2.24. The third-order valence-corrected chi connectivity index (χ3v) is 5.56. The summed E-state index contributed by atoms with van der Waals surface area (Å²) in [6.07, 6.45) is 0. The molecule has 3 aromatic rings. The molecule has 0 fully saturated rings. The van der Waals surface area contributed by atoms with Gasteiger partial charge >= 0.3 is 0 Å². The summed E-state index contributed by atoms with van der Waals surface area (Å²) >= 11 is 6.16. The predicted octanol–water partition coefficient (Wildman–Crippen LogP) is 4.62.